The molecule has 0 radical (unpaired) electrons. The van der Waals surface area contributed by atoms with Gasteiger partial charge in [-0.1, -0.05) is 29.8 Å². The fourth-order valence-electron chi connectivity index (χ4n) is 1.67. The van der Waals surface area contributed by atoms with E-state index in [0.29, 0.717) is 10.0 Å². The van der Waals surface area contributed by atoms with Gasteiger partial charge in [-0.05, 0) is 33.8 Å². The number of aliphatic hydroxyl groups is 1. The molecule has 114 valence electrons. The third-order valence-corrected chi connectivity index (χ3v) is 5.31. The maximum atomic E-state index is 12.1. The number of hydrogen-bond acceptors (Lipinski definition) is 3. The normalized spacial score (nSPS) is 12.5. The van der Waals surface area contributed by atoms with Crippen LogP contribution in [0.4, 0.5) is 9.80 Å². The van der Waals surface area contributed by atoms with Crippen molar-refractivity contribution in [2.24, 2.45) is 0 Å². The number of anilines is 1. The molecule has 0 atom stereocenters. The van der Waals surface area contributed by atoms with Crippen LogP contribution in [-0.4, -0.2) is 22.3 Å². The first-order valence-electron chi connectivity index (χ1n) is 6.60. The Kier molecular flexibility index (Phi) is 4.19. The van der Waals surface area contributed by atoms with E-state index in [4.69, 9.17) is 11.6 Å². The van der Waals surface area contributed by atoms with Crippen molar-refractivity contribution in [1.82, 2.24) is 5.32 Å². The monoisotopic (exact) mass is 326 g/mol. The molecule has 4 nitrogen and oxygen atoms in total. The number of carbonyl (C=O) groups excluding carboxylic acids is 1. The van der Waals surface area contributed by atoms with Crippen LogP contribution in [0.15, 0.2) is 24.3 Å². The highest BCUT2D eigenvalue weighted by molar-refractivity contribution is 7.23. The standard InChI is InChI=1S/C15H19ClN2O2S/c1-14(2,15(3,4)20)18-13(19)17-12-11(16)9-7-5-6-8-10(9)21-12/h5-8,20H,1-4H3,(H2,17,18,19). The second-order valence-electron chi connectivity index (χ2n) is 6.00. The Morgan fingerprint density at radius 1 is 1.24 bits per heavy atom. The van der Waals surface area contributed by atoms with Crippen LogP contribution in [0.1, 0.15) is 27.7 Å². The maximum Gasteiger partial charge on any atom is 0.320 e. The summed E-state index contributed by atoms with van der Waals surface area (Å²) >= 11 is 7.70. The van der Waals surface area contributed by atoms with E-state index in [2.05, 4.69) is 10.6 Å². The Morgan fingerprint density at radius 2 is 1.86 bits per heavy atom. The zero-order valence-electron chi connectivity index (χ0n) is 12.5. The molecule has 1 aromatic carbocycles. The number of benzene rings is 1. The number of rotatable bonds is 3. The third-order valence-electron chi connectivity index (χ3n) is 3.72. The average Bonchev–Trinajstić information content (AvgIpc) is 2.65. The fraction of sp³-hybridized carbons (Fsp3) is 0.400. The molecule has 0 saturated carbocycles. The lowest BCUT2D eigenvalue weighted by Gasteiger charge is -2.37. The molecule has 0 aliphatic heterocycles. The van der Waals surface area contributed by atoms with Crippen LogP contribution < -0.4 is 10.6 Å². The van der Waals surface area contributed by atoms with E-state index in [-0.39, 0.29) is 0 Å². The topological polar surface area (TPSA) is 61.4 Å². The summed E-state index contributed by atoms with van der Waals surface area (Å²) in [5.41, 5.74) is -1.82. The van der Waals surface area contributed by atoms with Crippen LogP contribution in [-0.2, 0) is 0 Å². The van der Waals surface area contributed by atoms with Crippen molar-refractivity contribution in [3.8, 4) is 0 Å². The van der Waals surface area contributed by atoms with Gasteiger partial charge in [-0.3, -0.25) is 5.32 Å². The van der Waals surface area contributed by atoms with Gasteiger partial charge in [-0.25, -0.2) is 4.79 Å². The molecule has 1 heterocycles. The molecule has 0 spiro atoms. The van der Waals surface area contributed by atoms with Crippen LogP contribution in [0, 0.1) is 0 Å². The molecular formula is C15H19ClN2O2S. The van der Waals surface area contributed by atoms with Crippen molar-refractivity contribution < 1.29 is 9.90 Å². The fourth-order valence-corrected chi connectivity index (χ4v) is 3.04. The summed E-state index contributed by atoms with van der Waals surface area (Å²) in [6.07, 6.45) is 0. The Hall–Kier alpha value is -1.30. The van der Waals surface area contributed by atoms with Gasteiger partial charge in [-0.15, -0.1) is 11.3 Å². The summed E-state index contributed by atoms with van der Waals surface area (Å²) in [6.45, 7) is 6.83. The summed E-state index contributed by atoms with van der Waals surface area (Å²) < 4.78 is 1.01. The van der Waals surface area contributed by atoms with Gasteiger partial charge in [-0.2, -0.15) is 0 Å². The van der Waals surface area contributed by atoms with Gasteiger partial charge in [0.05, 0.1) is 16.2 Å². The molecule has 2 rings (SSSR count). The minimum atomic E-state index is -1.05. The van der Waals surface area contributed by atoms with Crippen molar-refractivity contribution in [2.75, 3.05) is 5.32 Å². The number of amides is 2. The lowest BCUT2D eigenvalue weighted by molar-refractivity contribution is 0.00185. The Bertz CT molecular complexity index is 674. The molecule has 0 bridgehead atoms. The quantitative estimate of drug-likeness (QED) is 0.790. The molecule has 3 N–H and O–H groups in total. The van der Waals surface area contributed by atoms with Crippen LogP contribution in [0.5, 0.6) is 0 Å². The molecule has 0 aliphatic rings. The molecule has 2 amide bonds. The number of urea groups is 1. The zero-order valence-corrected chi connectivity index (χ0v) is 14.0. The van der Waals surface area contributed by atoms with Crippen molar-refractivity contribution in [2.45, 2.75) is 38.8 Å². The third kappa shape index (κ3) is 3.31. The Morgan fingerprint density at radius 3 is 2.43 bits per heavy atom. The highest BCUT2D eigenvalue weighted by atomic mass is 35.5. The molecule has 0 unspecified atom stereocenters. The smallest absolute Gasteiger partial charge is 0.320 e. The van der Waals surface area contributed by atoms with Gasteiger partial charge < -0.3 is 10.4 Å². The van der Waals surface area contributed by atoms with E-state index >= 15 is 0 Å². The number of fused-ring (bicyclic) bond motifs is 1. The predicted molar refractivity (Wildman–Crippen MR) is 89.4 cm³/mol. The van der Waals surface area contributed by atoms with E-state index in [9.17, 15) is 9.90 Å². The largest absolute Gasteiger partial charge is 0.388 e. The molecule has 6 heteroatoms. The van der Waals surface area contributed by atoms with E-state index in [1.807, 2.05) is 24.3 Å². The van der Waals surface area contributed by atoms with Crippen molar-refractivity contribution >= 4 is 44.1 Å². The van der Waals surface area contributed by atoms with Gasteiger partial charge in [0.2, 0.25) is 0 Å². The maximum absolute atomic E-state index is 12.1. The number of nitrogens with one attached hydrogen (secondary N) is 2. The van der Waals surface area contributed by atoms with Crippen molar-refractivity contribution in [3.05, 3.63) is 29.3 Å². The SMILES string of the molecule is CC(C)(O)C(C)(C)NC(=O)Nc1sc2ccccc2c1Cl. The van der Waals surface area contributed by atoms with E-state index in [1.54, 1.807) is 27.7 Å². The summed E-state index contributed by atoms with van der Waals surface area (Å²) in [5.74, 6) is 0. The van der Waals surface area contributed by atoms with Gasteiger partial charge in [0.25, 0.3) is 0 Å². The minimum Gasteiger partial charge on any atom is -0.388 e. The van der Waals surface area contributed by atoms with Crippen molar-refractivity contribution in [3.63, 3.8) is 0 Å². The lowest BCUT2D eigenvalue weighted by atomic mass is 9.86. The van der Waals surface area contributed by atoms with Crippen LogP contribution in [0.25, 0.3) is 10.1 Å². The zero-order chi connectivity index (χ0) is 15.8. The first kappa shape index (κ1) is 16.1. The lowest BCUT2D eigenvalue weighted by Crippen LogP contribution is -2.58. The van der Waals surface area contributed by atoms with E-state index in [1.165, 1.54) is 11.3 Å². The number of carbonyl (C=O) groups is 1. The van der Waals surface area contributed by atoms with Crippen LogP contribution >= 0.6 is 22.9 Å². The summed E-state index contributed by atoms with van der Waals surface area (Å²) in [7, 11) is 0. The van der Waals surface area contributed by atoms with Gasteiger partial charge in [0.1, 0.15) is 5.00 Å². The molecule has 0 saturated heterocycles. The molecule has 0 fully saturated rings. The average molecular weight is 327 g/mol. The second kappa shape index (κ2) is 5.48. The van der Waals surface area contributed by atoms with Crippen LogP contribution in [0.3, 0.4) is 0 Å². The second-order valence-corrected chi connectivity index (χ2v) is 7.43. The number of thiophene rings is 1. The molecule has 1 aromatic heterocycles. The number of hydrogen-bond donors (Lipinski definition) is 3. The van der Waals surface area contributed by atoms with Gasteiger partial charge >= 0.3 is 6.03 Å². The van der Waals surface area contributed by atoms with Crippen molar-refractivity contribution in [1.29, 1.82) is 0 Å². The van der Waals surface area contributed by atoms with E-state index in [0.717, 1.165) is 10.1 Å². The molecule has 0 aliphatic carbocycles. The molecule has 2 aromatic rings. The summed E-state index contributed by atoms with van der Waals surface area (Å²) in [6, 6.07) is 7.31. The van der Waals surface area contributed by atoms with Gasteiger partial charge in [0, 0.05) is 10.1 Å². The highest BCUT2D eigenvalue weighted by Gasteiger charge is 2.36. The van der Waals surface area contributed by atoms with Crippen LogP contribution in [0.2, 0.25) is 5.02 Å². The Balaban J connectivity index is 2.17. The highest BCUT2D eigenvalue weighted by Crippen LogP contribution is 2.39. The molecule has 21 heavy (non-hydrogen) atoms. The van der Waals surface area contributed by atoms with E-state index < -0.39 is 17.2 Å². The first-order chi connectivity index (χ1) is 9.62. The first-order valence-corrected chi connectivity index (χ1v) is 7.80. The van der Waals surface area contributed by atoms with Gasteiger partial charge in [0.15, 0.2) is 0 Å². The molecular weight excluding hydrogens is 308 g/mol. The summed E-state index contributed by atoms with van der Waals surface area (Å²) in [5, 5.41) is 17.6. The predicted octanol–water partition coefficient (Wildman–Crippen LogP) is 4.23. The number of halogens is 1. The summed E-state index contributed by atoms with van der Waals surface area (Å²) in [4.78, 5) is 12.1. The Labute approximate surface area is 133 Å². The minimum absolute atomic E-state index is 0.393.